The van der Waals surface area contributed by atoms with E-state index in [0.29, 0.717) is 0 Å². The number of rotatable bonds is 0. The predicted molar refractivity (Wildman–Crippen MR) is 210 cm³/mol. The van der Waals surface area contributed by atoms with Crippen molar-refractivity contribution in [2.75, 3.05) is 0 Å². The lowest BCUT2D eigenvalue weighted by Gasteiger charge is -2.19. The fourth-order valence-electron chi connectivity index (χ4n) is 11.3. The van der Waals surface area contributed by atoms with Crippen LogP contribution < -0.4 is 0 Å². The minimum absolute atomic E-state index is 1.34. The van der Waals surface area contributed by atoms with Gasteiger partial charge in [0.15, 0.2) is 0 Å². The van der Waals surface area contributed by atoms with Crippen LogP contribution in [-0.4, -0.2) is 0 Å². The van der Waals surface area contributed by atoms with Crippen molar-refractivity contribution in [2.45, 2.75) is 0 Å². The van der Waals surface area contributed by atoms with Gasteiger partial charge in [0.2, 0.25) is 0 Å². The van der Waals surface area contributed by atoms with Gasteiger partial charge < -0.3 is 0 Å². The molecule has 0 bridgehead atoms. The van der Waals surface area contributed by atoms with Crippen LogP contribution in [0.15, 0.2) is 121 Å². The Kier molecular flexibility index (Phi) is 3.13. The molecular weight excluding hydrogens is 577 g/mol. The zero-order valence-electron chi connectivity index (χ0n) is 25.5. The SMILES string of the molecule is c1ccc2c(c1)c1cc3ccc4ccc5c6cccc7c8cccc9c%10cc%11c%12ccccc%12c2c2c1c1c3c4c5c(c%10c1c%112)c(c76)c89. The van der Waals surface area contributed by atoms with Gasteiger partial charge in [-0.25, -0.2) is 0 Å². The summed E-state index contributed by atoms with van der Waals surface area (Å²) in [6, 6.07) is 47.2. The van der Waals surface area contributed by atoms with Gasteiger partial charge in [-0.3, -0.25) is 0 Å². The first-order chi connectivity index (χ1) is 23.9. The highest BCUT2D eigenvalue weighted by Crippen LogP contribution is 2.61. The standard InChI is InChI=1S/C48H20/c1-3-9-25-23(7-1)32-19-22-16-15-21-17-18-31-29-13-5-11-27-28-12-6-14-30-34-20-33-24-8-2-4-10-26(24)37(25)46-41(32)44-36(22)35(21)40(31)47(43(34)48(44)42(33)46)45(38(27)29)39(28)30/h1-20H. The highest BCUT2D eigenvalue weighted by molar-refractivity contribution is 6.61. The van der Waals surface area contributed by atoms with Crippen LogP contribution in [0.25, 0.3) is 151 Å². The van der Waals surface area contributed by atoms with E-state index in [-0.39, 0.29) is 0 Å². The smallest absolute Gasteiger partial charge is 0.0000465 e. The first-order valence-corrected chi connectivity index (χ1v) is 17.1. The molecule has 0 unspecified atom stereocenters. The Labute approximate surface area is 271 Å². The summed E-state index contributed by atoms with van der Waals surface area (Å²) in [5.41, 5.74) is 0. The number of hydrogen-bond acceptors (Lipinski definition) is 0. The van der Waals surface area contributed by atoms with Gasteiger partial charge in [-0.05, 0) is 163 Å². The summed E-state index contributed by atoms with van der Waals surface area (Å²) in [7, 11) is 0. The zero-order valence-corrected chi connectivity index (χ0v) is 25.5. The molecule has 0 spiro atoms. The molecule has 0 atom stereocenters. The van der Waals surface area contributed by atoms with Crippen molar-refractivity contribution in [1.29, 1.82) is 0 Å². The van der Waals surface area contributed by atoms with Crippen molar-refractivity contribution in [3.8, 4) is 0 Å². The van der Waals surface area contributed by atoms with Crippen LogP contribution in [0.2, 0.25) is 0 Å². The quantitative estimate of drug-likeness (QED) is 0.121. The molecule has 0 N–H and O–H groups in total. The predicted octanol–water partition coefficient (Wildman–Crippen LogP) is 13.9. The second-order valence-corrected chi connectivity index (χ2v) is 14.6. The molecule has 0 fully saturated rings. The van der Waals surface area contributed by atoms with Crippen LogP contribution in [0.1, 0.15) is 0 Å². The lowest BCUT2D eigenvalue weighted by molar-refractivity contribution is 1.82. The van der Waals surface area contributed by atoms with Gasteiger partial charge in [-0.15, -0.1) is 0 Å². The molecule has 48 heavy (non-hydrogen) atoms. The van der Waals surface area contributed by atoms with E-state index in [9.17, 15) is 0 Å². The first-order valence-electron chi connectivity index (χ1n) is 17.1. The Morgan fingerprint density at radius 3 is 1.12 bits per heavy atom. The molecule has 212 valence electrons. The summed E-state index contributed by atoms with van der Waals surface area (Å²) in [5, 5.41) is 39.5. The molecule has 0 aromatic heterocycles. The molecule has 15 rings (SSSR count). The highest BCUT2D eigenvalue weighted by Gasteiger charge is 2.31. The first kappa shape index (κ1) is 22.3. The maximum absolute atomic E-state index is 2.59. The van der Waals surface area contributed by atoms with Crippen molar-refractivity contribution in [1.82, 2.24) is 0 Å². The molecule has 0 heterocycles. The summed E-state index contributed by atoms with van der Waals surface area (Å²) in [5.74, 6) is 0. The average molecular weight is 597 g/mol. The van der Waals surface area contributed by atoms with E-state index in [2.05, 4.69) is 121 Å². The Morgan fingerprint density at radius 1 is 0.167 bits per heavy atom. The van der Waals surface area contributed by atoms with Gasteiger partial charge in [-0.1, -0.05) is 109 Å². The number of fused-ring (bicyclic) bond motifs is 9. The Hall–Kier alpha value is -6.24. The summed E-state index contributed by atoms with van der Waals surface area (Å²) < 4.78 is 0. The fourth-order valence-corrected chi connectivity index (χ4v) is 11.3. The van der Waals surface area contributed by atoms with Crippen molar-refractivity contribution in [3.05, 3.63) is 121 Å². The van der Waals surface area contributed by atoms with Gasteiger partial charge in [0.1, 0.15) is 0 Å². The molecule has 15 aromatic rings. The van der Waals surface area contributed by atoms with Crippen molar-refractivity contribution < 1.29 is 0 Å². The van der Waals surface area contributed by atoms with Crippen LogP contribution in [0.4, 0.5) is 0 Å². The van der Waals surface area contributed by atoms with Gasteiger partial charge >= 0.3 is 0 Å². The summed E-state index contributed by atoms with van der Waals surface area (Å²) in [6.45, 7) is 0. The maximum atomic E-state index is 2.59. The zero-order chi connectivity index (χ0) is 30.3. The third-order valence-corrected chi connectivity index (χ3v) is 12.8. The van der Waals surface area contributed by atoms with Gasteiger partial charge in [0, 0.05) is 0 Å². The molecule has 0 radical (unpaired) electrons. The lowest BCUT2D eigenvalue weighted by Crippen LogP contribution is -1.90. The third-order valence-electron chi connectivity index (χ3n) is 12.8. The monoisotopic (exact) mass is 596 g/mol. The molecule has 0 saturated carbocycles. The van der Waals surface area contributed by atoms with E-state index < -0.39 is 0 Å². The van der Waals surface area contributed by atoms with Crippen LogP contribution >= 0.6 is 0 Å². The molecule has 0 heteroatoms. The third kappa shape index (κ3) is 1.98. The normalized spacial score (nSPS) is 13.8. The maximum Gasteiger partial charge on any atom is -0.0000465 e. The summed E-state index contributed by atoms with van der Waals surface area (Å²) >= 11 is 0. The molecule has 0 amide bonds. The van der Waals surface area contributed by atoms with Gasteiger partial charge in [0.25, 0.3) is 0 Å². The highest BCUT2D eigenvalue weighted by atomic mass is 14.3. The topological polar surface area (TPSA) is 0 Å². The van der Waals surface area contributed by atoms with Crippen LogP contribution in [0, 0.1) is 0 Å². The molecule has 0 aliphatic heterocycles. The molecule has 0 nitrogen and oxygen atoms in total. The lowest BCUT2D eigenvalue weighted by atomic mass is 9.84. The summed E-state index contributed by atoms with van der Waals surface area (Å²) in [6.07, 6.45) is 0. The van der Waals surface area contributed by atoms with Crippen LogP contribution in [0.3, 0.4) is 0 Å². The van der Waals surface area contributed by atoms with E-state index in [0.717, 1.165) is 0 Å². The van der Waals surface area contributed by atoms with Crippen LogP contribution in [0.5, 0.6) is 0 Å². The molecule has 15 aromatic carbocycles. The summed E-state index contributed by atoms with van der Waals surface area (Å²) in [4.78, 5) is 0. The average Bonchev–Trinajstić information content (AvgIpc) is 3.63. The minimum Gasteiger partial charge on any atom is -0.0616 e. The van der Waals surface area contributed by atoms with Crippen LogP contribution in [-0.2, 0) is 0 Å². The van der Waals surface area contributed by atoms with E-state index in [1.165, 1.54) is 151 Å². The Balaban J connectivity index is 1.50. The van der Waals surface area contributed by atoms with Gasteiger partial charge in [0.05, 0.1) is 0 Å². The molecule has 0 aliphatic carbocycles. The Bertz CT molecular complexity index is 3880. The van der Waals surface area contributed by atoms with E-state index in [4.69, 9.17) is 0 Å². The van der Waals surface area contributed by atoms with E-state index >= 15 is 0 Å². The minimum atomic E-state index is 1.34. The van der Waals surface area contributed by atoms with Crippen molar-refractivity contribution in [3.63, 3.8) is 0 Å². The van der Waals surface area contributed by atoms with E-state index in [1.54, 1.807) is 0 Å². The second kappa shape index (κ2) is 6.74. The fraction of sp³-hybridized carbons (Fsp3) is 0. The molecular formula is C48H20. The number of benzene rings is 12. The molecule has 0 aliphatic rings. The van der Waals surface area contributed by atoms with Crippen molar-refractivity contribution in [2.24, 2.45) is 0 Å². The van der Waals surface area contributed by atoms with Crippen molar-refractivity contribution >= 4 is 151 Å². The van der Waals surface area contributed by atoms with Gasteiger partial charge in [-0.2, -0.15) is 0 Å². The molecule has 0 saturated heterocycles. The Morgan fingerprint density at radius 2 is 0.500 bits per heavy atom. The number of hydrogen-bond donors (Lipinski definition) is 0. The second-order valence-electron chi connectivity index (χ2n) is 14.6. The largest absolute Gasteiger partial charge is 0.0616 e. The van der Waals surface area contributed by atoms with E-state index in [1.807, 2.05) is 0 Å².